The maximum Gasteiger partial charge on any atom is 0.345 e. The number of carboxylic acid groups (broad SMARTS) is 1. The summed E-state index contributed by atoms with van der Waals surface area (Å²) in [7, 11) is 0. The van der Waals surface area contributed by atoms with Crippen molar-refractivity contribution in [3.8, 4) is 0 Å². The predicted molar refractivity (Wildman–Crippen MR) is 62.2 cm³/mol. The minimum absolute atomic E-state index is 0.0774. The van der Waals surface area contributed by atoms with Gasteiger partial charge in [-0.1, -0.05) is 43.3 Å². The monoisotopic (exact) mass is 234 g/mol. The molecule has 0 aliphatic carbocycles. The molecule has 0 aromatic heterocycles. The summed E-state index contributed by atoms with van der Waals surface area (Å²) in [6.45, 7) is 1.83. The van der Waals surface area contributed by atoms with Crippen molar-refractivity contribution in [1.82, 2.24) is 0 Å². The third-order valence-electron chi connectivity index (χ3n) is 2.07. The number of carbonyl (C=O) groups excluding carboxylic acids is 1. The predicted octanol–water partition coefficient (Wildman–Crippen LogP) is 2.15. The summed E-state index contributed by atoms with van der Waals surface area (Å²) in [6.07, 6.45) is 1.82. The standard InChI is InChI=1S/C13H14O4/c1-2-6-11(12(14)15)13(16)17-9-10-7-4-3-5-8-10/h3-8H,2,9H2,1H3,(H,14,15). The van der Waals surface area contributed by atoms with Crippen molar-refractivity contribution in [3.63, 3.8) is 0 Å². The molecule has 0 saturated carbocycles. The number of hydrogen-bond acceptors (Lipinski definition) is 3. The van der Waals surface area contributed by atoms with Gasteiger partial charge >= 0.3 is 11.9 Å². The molecule has 0 fully saturated rings. The molecule has 90 valence electrons. The van der Waals surface area contributed by atoms with E-state index >= 15 is 0 Å². The van der Waals surface area contributed by atoms with Crippen LogP contribution >= 0.6 is 0 Å². The summed E-state index contributed by atoms with van der Waals surface area (Å²) in [5.74, 6) is -2.06. The van der Waals surface area contributed by atoms with Crippen LogP contribution in [-0.2, 0) is 20.9 Å². The summed E-state index contributed by atoms with van der Waals surface area (Å²) < 4.78 is 4.92. The van der Waals surface area contributed by atoms with Gasteiger partial charge in [0.15, 0.2) is 0 Å². The quantitative estimate of drug-likeness (QED) is 0.367. The van der Waals surface area contributed by atoms with Gasteiger partial charge in [0.05, 0.1) is 0 Å². The zero-order valence-electron chi connectivity index (χ0n) is 9.55. The number of rotatable bonds is 5. The molecule has 1 N–H and O–H groups in total. The molecule has 1 rings (SSSR count). The minimum Gasteiger partial charge on any atom is -0.477 e. The summed E-state index contributed by atoms with van der Waals surface area (Å²) in [6, 6.07) is 9.10. The molecule has 0 saturated heterocycles. The zero-order chi connectivity index (χ0) is 12.7. The Labute approximate surface area is 99.5 Å². The van der Waals surface area contributed by atoms with E-state index in [0.717, 1.165) is 5.56 Å². The van der Waals surface area contributed by atoms with E-state index in [1.165, 1.54) is 6.08 Å². The highest BCUT2D eigenvalue weighted by molar-refractivity contribution is 6.13. The van der Waals surface area contributed by atoms with Crippen LogP contribution in [0.4, 0.5) is 0 Å². The van der Waals surface area contributed by atoms with E-state index in [0.29, 0.717) is 6.42 Å². The van der Waals surface area contributed by atoms with Crippen LogP contribution in [-0.4, -0.2) is 17.0 Å². The SMILES string of the molecule is CCC=C(C(=O)O)C(=O)OCc1ccccc1. The third kappa shape index (κ3) is 4.10. The largest absolute Gasteiger partial charge is 0.477 e. The van der Waals surface area contributed by atoms with Crippen molar-refractivity contribution in [2.45, 2.75) is 20.0 Å². The molecule has 1 aromatic carbocycles. The second kappa shape index (κ2) is 6.48. The van der Waals surface area contributed by atoms with E-state index in [1.807, 2.05) is 18.2 Å². The van der Waals surface area contributed by atoms with E-state index in [9.17, 15) is 9.59 Å². The van der Waals surface area contributed by atoms with Crippen LogP contribution in [0.3, 0.4) is 0 Å². The number of allylic oxidation sites excluding steroid dienone is 1. The number of aliphatic carboxylic acids is 1. The molecule has 0 unspecified atom stereocenters. The lowest BCUT2D eigenvalue weighted by molar-refractivity contribution is -0.145. The van der Waals surface area contributed by atoms with Crippen molar-refractivity contribution in [1.29, 1.82) is 0 Å². The van der Waals surface area contributed by atoms with Crippen molar-refractivity contribution >= 4 is 11.9 Å². The van der Waals surface area contributed by atoms with Gasteiger partial charge in [-0.25, -0.2) is 9.59 Å². The first-order chi connectivity index (χ1) is 8.15. The molecule has 0 bridgehead atoms. The molecule has 0 aliphatic heterocycles. The van der Waals surface area contributed by atoms with Crippen molar-refractivity contribution < 1.29 is 19.4 Å². The summed E-state index contributed by atoms with van der Waals surface area (Å²) >= 11 is 0. The Morgan fingerprint density at radius 3 is 2.47 bits per heavy atom. The number of carbonyl (C=O) groups is 2. The first-order valence-corrected chi connectivity index (χ1v) is 5.29. The topological polar surface area (TPSA) is 63.6 Å². The van der Waals surface area contributed by atoms with Gasteiger partial charge in [0.2, 0.25) is 0 Å². The van der Waals surface area contributed by atoms with E-state index < -0.39 is 11.9 Å². The summed E-state index contributed by atoms with van der Waals surface area (Å²) in [4.78, 5) is 22.2. The number of benzene rings is 1. The first-order valence-electron chi connectivity index (χ1n) is 5.29. The van der Waals surface area contributed by atoms with Gasteiger partial charge in [0, 0.05) is 0 Å². The maximum absolute atomic E-state index is 11.5. The van der Waals surface area contributed by atoms with Gasteiger partial charge in [-0.2, -0.15) is 0 Å². The molecular weight excluding hydrogens is 220 g/mol. The van der Waals surface area contributed by atoms with Gasteiger partial charge in [-0.15, -0.1) is 0 Å². The Morgan fingerprint density at radius 2 is 1.94 bits per heavy atom. The second-order valence-electron chi connectivity index (χ2n) is 3.39. The first kappa shape index (κ1) is 13.0. The average Bonchev–Trinajstić information content (AvgIpc) is 2.34. The Hall–Kier alpha value is -2.10. The molecule has 0 heterocycles. The van der Waals surface area contributed by atoms with Crippen LogP contribution in [0.1, 0.15) is 18.9 Å². The van der Waals surface area contributed by atoms with Gasteiger partial charge in [-0.05, 0) is 12.0 Å². The van der Waals surface area contributed by atoms with Gasteiger partial charge in [0.1, 0.15) is 12.2 Å². The lowest BCUT2D eigenvalue weighted by atomic mass is 10.2. The van der Waals surface area contributed by atoms with E-state index in [1.54, 1.807) is 19.1 Å². The number of esters is 1. The fourth-order valence-electron chi connectivity index (χ4n) is 1.26. The van der Waals surface area contributed by atoms with Crippen molar-refractivity contribution in [2.75, 3.05) is 0 Å². The Bertz CT molecular complexity index is 420. The van der Waals surface area contributed by atoms with Gasteiger partial charge < -0.3 is 9.84 Å². The Morgan fingerprint density at radius 1 is 1.29 bits per heavy atom. The zero-order valence-corrected chi connectivity index (χ0v) is 9.55. The molecular formula is C13H14O4. The molecule has 0 amide bonds. The smallest absolute Gasteiger partial charge is 0.345 e. The van der Waals surface area contributed by atoms with Crippen LogP contribution in [0.2, 0.25) is 0 Å². The normalized spacial score (nSPS) is 11.0. The number of ether oxygens (including phenoxy) is 1. The third-order valence-corrected chi connectivity index (χ3v) is 2.07. The maximum atomic E-state index is 11.5. The molecule has 0 radical (unpaired) electrons. The minimum atomic E-state index is -1.26. The van der Waals surface area contributed by atoms with Gasteiger partial charge in [-0.3, -0.25) is 0 Å². The van der Waals surface area contributed by atoms with E-state index in [2.05, 4.69) is 0 Å². The molecule has 17 heavy (non-hydrogen) atoms. The highest BCUT2D eigenvalue weighted by atomic mass is 16.5. The molecule has 0 atom stereocenters. The number of carboxylic acids is 1. The van der Waals surface area contributed by atoms with Crippen LogP contribution in [0.15, 0.2) is 42.0 Å². The molecule has 4 heteroatoms. The van der Waals surface area contributed by atoms with Crippen LogP contribution in [0, 0.1) is 0 Å². The fourth-order valence-corrected chi connectivity index (χ4v) is 1.26. The van der Waals surface area contributed by atoms with Crippen LogP contribution in [0.25, 0.3) is 0 Å². The molecule has 1 aromatic rings. The lowest BCUT2D eigenvalue weighted by Gasteiger charge is -2.05. The number of hydrogen-bond donors (Lipinski definition) is 1. The Balaban J connectivity index is 2.60. The van der Waals surface area contributed by atoms with Gasteiger partial charge in [0.25, 0.3) is 0 Å². The lowest BCUT2D eigenvalue weighted by Crippen LogP contribution is -2.15. The molecule has 0 spiro atoms. The highest BCUT2D eigenvalue weighted by Crippen LogP contribution is 2.05. The Kier molecular flexibility index (Phi) is 4.94. The van der Waals surface area contributed by atoms with E-state index in [4.69, 9.17) is 9.84 Å². The second-order valence-corrected chi connectivity index (χ2v) is 3.39. The van der Waals surface area contributed by atoms with Crippen molar-refractivity contribution in [3.05, 3.63) is 47.5 Å². The molecule has 0 aliphatic rings. The van der Waals surface area contributed by atoms with Crippen LogP contribution in [0.5, 0.6) is 0 Å². The van der Waals surface area contributed by atoms with Crippen molar-refractivity contribution in [2.24, 2.45) is 0 Å². The van der Waals surface area contributed by atoms with Crippen LogP contribution < -0.4 is 0 Å². The van der Waals surface area contributed by atoms with E-state index in [-0.39, 0.29) is 12.2 Å². The summed E-state index contributed by atoms with van der Waals surface area (Å²) in [5.41, 5.74) is 0.505. The average molecular weight is 234 g/mol. The highest BCUT2D eigenvalue weighted by Gasteiger charge is 2.17. The fraction of sp³-hybridized carbons (Fsp3) is 0.231. The summed E-state index contributed by atoms with van der Waals surface area (Å²) in [5, 5.41) is 8.80. The molecule has 4 nitrogen and oxygen atoms in total.